The molecule has 0 spiro atoms. The topological polar surface area (TPSA) is 26.0 Å². The fourth-order valence-electron chi connectivity index (χ4n) is 2.05. The highest BCUT2D eigenvalue weighted by Gasteiger charge is 2.29. The molecule has 0 radical (unpaired) electrons. The Kier molecular flexibility index (Phi) is 5.29. The minimum atomic E-state index is -2.16. The first kappa shape index (κ1) is 15.9. The third kappa shape index (κ3) is 3.05. The van der Waals surface area contributed by atoms with Crippen LogP contribution in [0.25, 0.3) is 0 Å². The molecule has 0 aromatic heterocycles. The highest BCUT2D eigenvalue weighted by Crippen LogP contribution is 2.31. The average molecular weight is 281 g/mol. The Morgan fingerprint density at radius 3 is 1.53 bits per heavy atom. The summed E-state index contributed by atoms with van der Waals surface area (Å²) in [6.45, 7) is 3.75. The van der Waals surface area contributed by atoms with Crippen LogP contribution in [-0.4, -0.2) is 0 Å². The molecule has 1 rings (SSSR count). The number of benzene rings is 1. The Labute approximate surface area is 108 Å². The zero-order chi connectivity index (χ0) is 14.7. The highest BCUT2D eigenvalue weighted by atomic mass is 19.2. The predicted molar refractivity (Wildman–Crippen MR) is 61.8 cm³/mol. The summed E-state index contributed by atoms with van der Waals surface area (Å²) in [4.78, 5) is 0. The minimum absolute atomic E-state index is 0.0741. The van der Waals surface area contributed by atoms with Gasteiger partial charge in [0.05, 0.1) is 0 Å². The van der Waals surface area contributed by atoms with Crippen molar-refractivity contribution in [2.45, 2.75) is 39.2 Å². The van der Waals surface area contributed by atoms with E-state index in [-0.39, 0.29) is 12.3 Å². The van der Waals surface area contributed by atoms with E-state index in [0.29, 0.717) is 0 Å². The van der Waals surface area contributed by atoms with Crippen LogP contribution in [0.3, 0.4) is 0 Å². The van der Waals surface area contributed by atoms with Crippen LogP contribution in [0.1, 0.15) is 44.7 Å². The Balaban J connectivity index is 3.20. The van der Waals surface area contributed by atoms with Crippen molar-refractivity contribution in [1.82, 2.24) is 0 Å². The molecule has 1 unspecified atom stereocenters. The minimum Gasteiger partial charge on any atom is -0.324 e. The molecule has 0 saturated carbocycles. The summed E-state index contributed by atoms with van der Waals surface area (Å²) in [6.07, 6.45) is 1.62. The quantitative estimate of drug-likeness (QED) is 0.488. The standard InChI is InChI=1S/C13H16F5N/c1-3-6(4-2)5-7(19)8-9(14)11(16)13(18)12(17)10(8)15/h6-7H,3-5,19H2,1-2H3. The molecule has 0 aliphatic rings. The van der Waals surface area contributed by atoms with Crippen LogP contribution >= 0.6 is 0 Å². The summed E-state index contributed by atoms with van der Waals surface area (Å²) in [6, 6.07) is -1.21. The molecular weight excluding hydrogens is 265 g/mol. The van der Waals surface area contributed by atoms with E-state index < -0.39 is 40.7 Å². The zero-order valence-corrected chi connectivity index (χ0v) is 10.7. The summed E-state index contributed by atoms with van der Waals surface area (Å²) in [5.41, 5.74) is 4.67. The molecule has 0 aliphatic carbocycles. The number of nitrogens with two attached hydrogens (primary N) is 1. The summed E-state index contributed by atoms with van der Waals surface area (Å²) in [5, 5.41) is 0. The fourth-order valence-corrected chi connectivity index (χ4v) is 2.05. The maximum absolute atomic E-state index is 13.5. The number of hydrogen-bond donors (Lipinski definition) is 1. The molecule has 0 amide bonds. The van der Waals surface area contributed by atoms with Gasteiger partial charge in [-0.25, -0.2) is 22.0 Å². The van der Waals surface area contributed by atoms with Crippen LogP contribution in [0.2, 0.25) is 0 Å². The number of rotatable bonds is 5. The third-order valence-electron chi connectivity index (χ3n) is 3.36. The maximum atomic E-state index is 13.5. The molecule has 0 aliphatic heterocycles. The Morgan fingerprint density at radius 2 is 1.16 bits per heavy atom. The van der Waals surface area contributed by atoms with Crippen molar-refractivity contribution in [3.63, 3.8) is 0 Å². The van der Waals surface area contributed by atoms with E-state index in [1.54, 1.807) is 0 Å². The van der Waals surface area contributed by atoms with E-state index >= 15 is 0 Å². The van der Waals surface area contributed by atoms with Gasteiger partial charge in [0, 0.05) is 11.6 Å². The van der Waals surface area contributed by atoms with Gasteiger partial charge in [0.25, 0.3) is 0 Å². The Bertz CT molecular complexity index is 428. The highest BCUT2D eigenvalue weighted by molar-refractivity contribution is 5.26. The predicted octanol–water partition coefficient (Wildman–Crippen LogP) is 4.21. The van der Waals surface area contributed by atoms with Gasteiger partial charge in [-0.2, -0.15) is 0 Å². The molecule has 0 bridgehead atoms. The maximum Gasteiger partial charge on any atom is 0.200 e. The third-order valence-corrected chi connectivity index (χ3v) is 3.36. The van der Waals surface area contributed by atoms with Crippen LogP contribution in [0.5, 0.6) is 0 Å². The molecule has 2 N–H and O–H groups in total. The number of halogens is 5. The molecule has 1 aromatic carbocycles. The van der Waals surface area contributed by atoms with Crippen molar-refractivity contribution in [3.8, 4) is 0 Å². The van der Waals surface area contributed by atoms with Gasteiger partial charge in [-0.15, -0.1) is 0 Å². The van der Waals surface area contributed by atoms with Crippen LogP contribution in [-0.2, 0) is 0 Å². The van der Waals surface area contributed by atoms with E-state index in [1.165, 1.54) is 0 Å². The Morgan fingerprint density at radius 1 is 0.789 bits per heavy atom. The van der Waals surface area contributed by atoms with Gasteiger partial charge in [0.2, 0.25) is 5.82 Å². The van der Waals surface area contributed by atoms with Gasteiger partial charge in [-0.05, 0) is 12.3 Å². The van der Waals surface area contributed by atoms with Gasteiger partial charge in [0.1, 0.15) is 0 Å². The molecule has 0 heterocycles. The summed E-state index contributed by atoms with van der Waals surface area (Å²) in [7, 11) is 0. The Hall–Kier alpha value is -1.17. The van der Waals surface area contributed by atoms with Crippen molar-refractivity contribution in [1.29, 1.82) is 0 Å². The largest absolute Gasteiger partial charge is 0.324 e. The lowest BCUT2D eigenvalue weighted by molar-refractivity contribution is 0.348. The number of hydrogen-bond acceptors (Lipinski definition) is 1. The summed E-state index contributed by atoms with van der Waals surface area (Å²) >= 11 is 0. The lowest BCUT2D eigenvalue weighted by Gasteiger charge is -2.20. The van der Waals surface area contributed by atoms with Crippen molar-refractivity contribution in [3.05, 3.63) is 34.6 Å². The molecule has 0 fully saturated rings. The van der Waals surface area contributed by atoms with Crippen molar-refractivity contribution >= 4 is 0 Å². The lowest BCUT2D eigenvalue weighted by atomic mass is 9.91. The normalized spacial score (nSPS) is 13.1. The van der Waals surface area contributed by atoms with E-state index in [9.17, 15) is 22.0 Å². The van der Waals surface area contributed by atoms with Gasteiger partial charge >= 0.3 is 0 Å². The first-order valence-corrected chi connectivity index (χ1v) is 6.11. The summed E-state index contributed by atoms with van der Waals surface area (Å²) in [5.74, 6) is -9.66. The molecule has 0 saturated heterocycles. The molecule has 1 nitrogen and oxygen atoms in total. The second-order valence-electron chi connectivity index (χ2n) is 4.51. The van der Waals surface area contributed by atoms with E-state index in [2.05, 4.69) is 0 Å². The first-order valence-electron chi connectivity index (χ1n) is 6.11. The average Bonchev–Trinajstić information content (AvgIpc) is 2.40. The zero-order valence-electron chi connectivity index (χ0n) is 10.7. The van der Waals surface area contributed by atoms with Gasteiger partial charge in [-0.3, -0.25) is 0 Å². The van der Waals surface area contributed by atoms with Crippen LogP contribution < -0.4 is 5.73 Å². The molecule has 1 aromatic rings. The SMILES string of the molecule is CCC(CC)CC(N)c1c(F)c(F)c(F)c(F)c1F. The lowest BCUT2D eigenvalue weighted by Crippen LogP contribution is -2.20. The molecule has 1 atom stereocenters. The molecule has 19 heavy (non-hydrogen) atoms. The smallest absolute Gasteiger partial charge is 0.200 e. The molecular formula is C13H16F5N. The van der Waals surface area contributed by atoms with E-state index in [4.69, 9.17) is 5.73 Å². The molecule has 6 heteroatoms. The van der Waals surface area contributed by atoms with Crippen LogP contribution in [0.4, 0.5) is 22.0 Å². The van der Waals surface area contributed by atoms with Crippen molar-refractivity contribution in [2.75, 3.05) is 0 Å². The van der Waals surface area contributed by atoms with Crippen molar-refractivity contribution < 1.29 is 22.0 Å². The monoisotopic (exact) mass is 281 g/mol. The van der Waals surface area contributed by atoms with E-state index in [1.807, 2.05) is 13.8 Å². The van der Waals surface area contributed by atoms with Crippen molar-refractivity contribution in [2.24, 2.45) is 11.7 Å². The second-order valence-corrected chi connectivity index (χ2v) is 4.51. The van der Waals surface area contributed by atoms with Gasteiger partial charge in [0.15, 0.2) is 23.3 Å². The van der Waals surface area contributed by atoms with Gasteiger partial charge < -0.3 is 5.73 Å². The van der Waals surface area contributed by atoms with E-state index in [0.717, 1.165) is 12.8 Å². The first-order chi connectivity index (χ1) is 8.84. The fraction of sp³-hybridized carbons (Fsp3) is 0.538. The summed E-state index contributed by atoms with van der Waals surface area (Å²) < 4.78 is 66.0. The second kappa shape index (κ2) is 6.32. The molecule has 108 valence electrons. The van der Waals surface area contributed by atoms with Crippen LogP contribution in [0.15, 0.2) is 0 Å². The van der Waals surface area contributed by atoms with Gasteiger partial charge in [-0.1, -0.05) is 26.7 Å². The van der Waals surface area contributed by atoms with Crippen LogP contribution in [0, 0.1) is 35.0 Å².